The van der Waals surface area contributed by atoms with Crippen LogP contribution < -0.4 is 192 Å². The second-order valence-electron chi connectivity index (χ2n) is 0. The Morgan fingerprint density at radius 1 is 0.200 bits per heavy atom. The SMILES string of the molecule is O.O.O.O.O.O.O.O.O.O.[K+].[K+].[K+].[Li+].[Li+].[Nb].[Nb].[Nb].[Nb].[Nb].[OH-].[OH-].[OH-].[OH-].[OH-]. The Morgan fingerprint density at radius 3 is 0.200 bits per heavy atom. The van der Waals surface area contributed by atoms with Gasteiger partial charge < -0.3 is 82.1 Å². The first-order valence-corrected chi connectivity index (χ1v) is 0. The van der Waals surface area contributed by atoms with Gasteiger partial charge >= 0.3 is 192 Å². The van der Waals surface area contributed by atoms with Gasteiger partial charge in [-0.1, -0.05) is 0 Å². The minimum atomic E-state index is 0. The second-order valence-corrected chi connectivity index (χ2v) is 0. The van der Waals surface area contributed by atoms with Gasteiger partial charge in [0.05, 0.1) is 0 Å². The van der Waals surface area contributed by atoms with Gasteiger partial charge in [-0.25, -0.2) is 0 Å². The van der Waals surface area contributed by atoms with E-state index in [1.807, 2.05) is 0 Å². The van der Waals surface area contributed by atoms with E-state index in [4.69, 9.17) is 0 Å². The minimum Gasteiger partial charge on any atom is -0.870 e. The maximum Gasteiger partial charge on any atom is 1.00 e. The summed E-state index contributed by atoms with van der Waals surface area (Å²) in [6, 6.07) is 0. The molecule has 0 saturated heterocycles. The van der Waals surface area contributed by atoms with Gasteiger partial charge in [-0.05, 0) is 0 Å². The van der Waals surface area contributed by atoms with Crippen LogP contribution in [0.25, 0.3) is 0 Å². The van der Waals surface area contributed by atoms with E-state index in [2.05, 4.69) is 0 Å². The van der Waals surface area contributed by atoms with Crippen molar-refractivity contribution in [3.8, 4) is 0 Å². The van der Waals surface area contributed by atoms with Gasteiger partial charge in [-0.2, -0.15) is 0 Å². The molecule has 25 heteroatoms. The van der Waals surface area contributed by atoms with Crippen molar-refractivity contribution in [1.29, 1.82) is 0 Å². The van der Waals surface area contributed by atoms with E-state index >= 15 is 0 Å². The molecule has 0 unspecified atom stereocenters. The third kappa shape index (κ3) is 382. The summed E-state index contributed by atoms with van der Waals surface area (Å²) in [7, 11) is 0. The summed E-state index contributed by atoms with van der Waals surface area (Å²) in [4.78, 5) is 0. The fourth-order valence-corrected chi connectivity index (χ4v) is 0. The molecule has 145 valence electrons. The molecular formula is H25K3Li2Nb5O15. The monoisotopic (exact) mass is 861 g/mol. The third-order valence-electron chi connectivity index (χ3n) is 0. The summed E-state index contributed by atoms with van der Waals surface area (Å²) in [5.41, 5.74) is 0. The molecule has 25 N–H and O–H groups in total. The topological polar surface area (TPSA) is 465 Å². The van der Waals surface area contributed by atoms with Crippen molar-refractivity contribution in [1.82, 2.24) is 0 Å². The fourth-order valence-electron chi connectivity index (χ4n) is 0. The Balaban J connectivity index is 0. The Hall–Kier alpha value is 9.21. The zero-order valence-electron chi connectivity index (χ0n) is 14.5. The van der Waals surface area contributed by atoms with Crippen molar-refractivity contribution >= 4 is 0 Å². The van der Waals surface area contributed by atoms with Gasteiger partial charge in [0, 0.05) is 112 Å². The molecule has 25 heavy (non-hydrogen) atoms. The summed E-state index contributed by atoms with van der Waals surface area (Å²) in [6.07, 6.45) is 0. The molecule has 0 aromatic carbocycles. The van der Waals surface area contributed by atoms with Crippen LogP contribution in [0.15, 0.2) is 0 Å². The number of hydrogen-bond donors (Lipinski definition) is 0. The van der Waals surface area contributed by atoms with Crippen molar-refractivity contribution in [2.24, 2.45) is 0 Å². The number of hydrogen-bond acceptors (Lipinski definition) is 5. The molecule has 0 aliphatic heterocycles. The van der Waals surface area contributed by atoms with Crippen LogP contribution in [0.1, 0.15) is 0 Å². The average molecular weight is 861 g/mol. The minimum absolute atomic E-state index is 0. The molecule has 0 heterocycles. The summed E-state index contributed by atoms with van der Waals surface area (Å²) in [5.74, 6) is 0. The molecule has 0 fully saturated rings. The first kappa shape index (κ1) is 445. The molecule has 0 spiro atoms. The van der Waals surface area contributed by atoms with Crippen molar-refractivity contribution in [2.75, 3.05) is 0 Å². The van der Waals surface area contributed by atoms with Gasteiger partial charge in [0.1, 0.15) is 0 Å². The molecule has 0 saturated carbocycles. The van der Waals surface area contributed by atoms with E-state index in [0.29, 0.717) is 0 Å². The summed E-state index contributed by atoms with van der Waals surface area (Å²) in [5, 5.41) is 0. The third-order valence-corrected chi connectivity index (χ3v) is 0. The van der Waals surface area contributed by atoms with Crippen LogP contribution in [-0.2, 0) is 112 Å². The maximum absolute atomic E-state index is 0. The first-order valence-electron chi connectivity index (χ1n) is 0. The van der Waals surface area contributed by atoms with E-state index < -0.39 is 0 Å². The van der Waals surface area contributed by atoms with Crippen LogP contribution in [0, 0.1) is 0 Å². The van der Waals surface area contributed by atoms with Crippen LogP contribution in [0.3, 0.4) is 0 Å². The van der Waals surface area contributed by atoms with E-state index in [0.717, 1.165) is 0 Å². The molecule has 5 radical (unpaired) electrons. The van der Waals surface area contributed by atoms with Crippen LogP contribution >= 0.6 is 0 Å². The molecule has 0 bridgehead atoms. The predicted molar refractivity (Wildman–Crippen MR) is 45.8 cm³/mol. The van der Waals surface area contributed by atoms with E-state index in [1.165, 1.54) is 0 Å². The molecule has 0 aliphatic carbocycles. The summed E-state index contributed by atoms with van der Waals surface area (Å²) < 4.78 is 0. The zero-order chi connectivity index (χ0) is 0. The second kappa shape index (κ2) is 406. The maximum atomic E-state index is 0. The number of rotatable bonds is 0. The Kier molecular flexibility index (Phi) is 7240. The molecule has 15 nitrogen and oxygen atoms in total. The molecular weight excluding hydrogens is 836 g/mol. The van der Waals surface area contributed by atoms with Gasteiger partial charge in [0.2, 0.25) is 0 Å². The molecule has 0 amide bonds. The molecule has 0 aromatic heterocycles. The normalized spacial score (nSPS) is 0. The standard InChI is InChI=1S/3K.2Li.5Nb.15H2O/h;;;;;;;;;;15*1H2/q5*+1;;;;;;;;;;;;;;;;;;;;/p-5. The molecule has 0 atom stereocenters. The Morgan fingerprint density at radius 2 is 0.200 bits per heavy atom. The molecule has 0 aliphatic rings. The Labute approximate surface area is 375 Å². The van der Waals surface area contributed by atoms with Crippen LogP contribution in [0.5, 0.6) is 0 Å². The van der Waals surface area contributed by atoms with E-state index in [1.54, 1.807) is 0 Å². The quantitative estimate of drug-likeness (QED) is 0.214. The fraction of sp³-hybridized carbons (Fsp3) is 0. The van der Waals surface area contributed by atoms with Crippen LogP contribution in [0.4, 0.5) is 0 Å². The van der Waals surface area contributed by atoms with E-state index in [-0.39, 0.29) is 386 Å². The van der Waals surface area contributed by atoms with Crippen LogP contribution in [0.2, 0.25) is 0 Å². The summed E-state index contributed by atoms with van der Waals surface area (Å²) in [6.45, 7) is 0. The van der Waals surface area contributed by atoms with Gasteiger partial charge in [0.25, 0.3) is 0 Å². The van der Waals surface area contributed by atoms with E-state index in [9.17, 15) is 0 Å². The average Bonchev–Trinajstić information content (AvgIpc) is 0. The van der Waals surface area contributed by atoms with Gasteiger partial charge in [0.15, 0.2) is 0 Å². The van der Waals surface area contributed by atoms with Crippen LogP contribution in [-0.4, -0.2) is 82.1 Å². The zero-order valence-corrected chi connectivity index (χ0v) is 34.8. The Bertz CT molecular complexity index is 39.1. The smallest absolute Gasteiger partial charge is 0.870 e. The first-order chi connectivity index (χ1) is 0. The largest absolute Gasteiger partial charge is 1.00 e. The van der Waals surface area contributed by atoms with Crippen molar-refractivity contribution < 1.29 is 386 Å². The summed E-state index contributed by atoms with van der Waals surface area (Å²) >= 11 is 0. The van der Waals surface area contributed by atoms with Crippen molar-refractivity contribution in [3.05, 3.63) is 0 Å². The molecule has 0 aromatic rings. The van der Waals surface area contributed by atoms with Crippen molar-refractivity contribution in [2.45, 2.75) is 0 Å². The predicted octanol–water partition coefficient (Wildman–Crippen LogP) is -24.1. The molecule has 0 rings (SSSR count). The van der Waals surface area contributed by atoms with Gasteiger partial charge in [-0.3, -0.25) is 0 Å². The van der Waals surface area contributed by atoms with Crippen molar-refractivity contribution in [3.63, 3.8) is 0 Å². The van der Waals surface area contributed by atoms with Gasteiger partial charge in [-0.15, -0.1) is 0 Å².